The van der Waals surface area contributed by atoms with E-state index in [0.29, 0.717) is 0 Å². The van der Waals surface area contributed by atoms with Crippen LogP contribution < -0.4 is 88.7 Å². The maximum Gasteiger partial charge on any atom is 1.00 e. The molecular formula is C4H9Na3O2. The van der Waals surface area contributed by atoms with Crippen molar-refractivity contribution in [1.29, 1.82) is 0 Å². The van der Waals surface area contributed by atoms with E-state index in [1.165, 1.54) is 0 Å². The first-order valence-corrected chi connectivity index (χ1v) is 2.03. The van der Waals surface area contributed by atoms with E-state index in [4.69, 9.17) is 5.11 Å². The Hall–Kier alpha value is 2.47. The number of hydrogen-bond donors (Lipinski definition) is 1. The summed E-state index contributed by atoms with van der Waals surface area (Å²) in [5.74, 6) is -0.611. The normalized spacial score (nSPS) is 13.8. The summed E-state index contributed by atoms with van der Waals surface area (Å²) in [5, 5.41) is 8.05. The van der Waals surface area contributed by atoms with Gasteiger partial charge < -0.3 is 9.39 Å². The monoisotopic (exact) mass is 158 g/mol. The predicted octanol–water partition coefficient (Wildman–Crippen LogP) is -8.17. The number of carboxylic acids is 1. The van der Waals surface area contributed by atoms with Gasteiger partial charge in [0.2, 0.25) is 0 Å². The standard InChI is InChI=1S/C4H6O2.3Na.3H/c5-4(6)3-1-2-3;;;;;;/h3H,1-2H2,(H,5,6);;;;;;/q;3*+1;3*-1. The molecule has 0 aromatic heterocycles. The third-order valence-electron chi connectivity index (χ3n) is 0.927. The quantitative estimate of drug-likeness (QED) is 0.385. The van der Waals surface area contributed by atoms with Crippen molar-refractivity contribution in [3.05, 3.63) is 0 Å². The molecule has 0 aromatic carbocycles. The Morgan fingerprint density at radius 2 is 1.67 bits per heavy atom. The maximum atomic E-state index is 9.76. The Labute approximate surface area is 125 Å². The Morgan fingerprint density at radius 1 is 1.33 bits per heavy atom. The molecule has 1 rings (SSSR count). The second kappa shape index (κ2) is 8.57. The van der Waals surface area contributed by atoms with E-state index in [1.807, 2.05) is 0 Å². The minimum Gasteiger partial charge on any atom is -1.00 e. The molecule has 5 heteroatoms. The number of aliphatic carboxylic acids is 1. The molecule has 1 N–H and O–H groups in total. The summed E-state index contributed by atoms with van der Waals surface area (Å²) in [6.07, 6.45) is 1.80. The molecule has 1 aliphatic rings. The van der Waals surface area contributed by atoms with Crippen molar-refractivity contribution in [2.24, 2.45) is 5.92 Å². The van der Waals surface area contributed by atoms with Gasteiger partial charge in [-0.05, 0) is 12.8 Å². The van der Waals surface area contributed by atoms with Gasteiger partial charge >= 0.3 is 94.6 Å². The van der Waals surface area contributed by atoms with Crippen LogP contribution in [-0.4, -0.2) is 11.1 Å². The SMILES string of the molecule is O=C(O)C1CC1.[H-].[H-].[H-].[Na+].[Na+].[Na+]. The third kappa shape index (κ3) is 8.38. The Bertz CT molecular complexity index is 91.6. The van der Waals surface area contributed by atoms with E-state index in [-0.39, 0.29) is 98.9 Å². The smallest absolute Gasteiger partial charge is 1.00 e. The van der Waals surface area contributed by atoms with Crippen molar-refractivity contribution in [3.63, 3.8) is 0 Å². The Kier molecular flexibility index (Phi) is 16.7. The average Bonchev–Trinajstić information content (AvgIpc) is 2.06. The van der Waals surface area contributed by atoms with Crippen LogP contribution in [0, 0.1) is 5.92 Å². The topological polar surface area (TPSA) is 37.3 Å². The molecule has 0 aromatic rings. The molecule has 2 nitrogen and oxygen atoms in total. The fourth-order valence-electron chi connectivity index (χ4n) is 0.330. The van der Waals surface area contributed by atoms with Gasteiger partial charge in [-0.2, -0.15) is 0 Å². The van der Waals surface area contributed by atoms with Gasteiger partial charge in [-0.3, -0.25) is 4.79 Å². The molecule has 0 spiro atoms. The van der Waals surface area contributed by atoms with Gasteiger partial charge in [0.05, 0.1) is 5.92 Å². The molecule has 0 aliphatic heterocycles. The van der Waals surface area contributed by atoms with Gasteiger partial charge in [0.15, 0.2) is 0 Å². The second-order valence-corrected chi connectivity index (χ2v) is 1.61. The summed E-state index contributed by atoms with van der Waals surface area (Å²) in [6.45, 7) is 0. The summed E-state index contributed by atoms with van der Waals surface area (Å²) in [7, 11) is 0. The number of carboxylic acid groups (broad SMARTS) is 1. The van der Waals surface area contributed by atoms with Gasteiger partial charge in [0.1, 0.15) is 0 Å². The summed E-state index contributed by atoms with van der Waals surface area (Å²) < 4.78 is 0. The fourth-order valence-corrected chi connectivity index (χ4v) is 0.330. The molecule has 0 saturated heterocycles. The van der Waals surface area contributed by atoms with Crippen molar-refractivity contribution >= 4 is 5.97 Å². The van der Waals surface area contributed by atoms with E-state index >= 15 is 0 Å². The third-order valence-corrected chi connectivity index (χ3v) is 0.927. The van der Waals surface area contributed by atoms with Crippen LogP contribution in [0.25, 0.3) is 0 Å². The molecule has 0 unspecified atom stereocenters. The number of carbonyl (C=O) groups is 1. The maximum absolute atomic E-state index is 9.76. The van der Waals surface area contributed by atoms with E-state index < -0.39 is 5.97 Å². The van der Waals surface area contributed by atoms with Crippen molar-refractivity contribution < 1.29 is 103 Å². The molecule has 40 valence electrons. The molecule has 9 heavy (non-hydrogen) atoms. The Balaban J connectivity index is -0.0000000150. The van der Waals surface area contributed by atoms with Crippen molar-refractivity contribution in [2.75, 3.05) is 0 Å². The average molecular weight is 158 g/mol. The summed E-state index contributed by atoms with van der Waals surface area (Å²) in [4.78, 5) is 9.76. The minimum atomic E-state index is -0.630. The van der Waals surface area contributed by atoms with Crippen LogP contribution in [0.1, 0.15) is 17.1 Å². The molecule has 0 bridgehead atoms. The van der Waals surface area contributed by atoms with Crippen LogP contribution in [0.2, 0.25) is 0 Å². The van der Waals surface area contributed by atoms with Crippen LogP contribution in [0.5, 0.6) is 0 Å². The largest absolute Gasteiger partial charge is 1.00 e. The second-order valence-electron chi connectivity index (χ2n) is 1.61. The zero-order valence-electron chi connectivity index (χ0n) is 9.35. The molecule has 1 fully saturated rings. The molecule has 1 aliphatic carbocycles. The number of rotatable bonds is 1. The van der Waals surface area contributed by atoms with E-state index in [2.05, 4.69) is 0 Å². The van der Waals surface area contributed by atoms with Crippen LogP contribution in [0.4, 0.5) is 0 Å². The van der Waals surface area contributed by atoms with E-state index in [1.54, 1.807) is 0 Å². The van der Waals surface area contributed by atoms with Crippen LogP contribution in [-0.2, 0) is 4.79 Å². The van der Waals surface area contributed by atoms with Gasteiger partial charge in [-0.15, -0.1) is 0 Å². The summed E-state index contributed by atoms with van der Waals surface area (Å²) in [5.41, 5.74) is 0. The molecule has 1 saturated carbocycles. The van der Waals surface area contributed by atoms with Gasteiger partial charge in [0, 0.05) is 0 Å². The van der Waals surface area contributed by atoms with Crippen LogP contribution in [0.15, 0.2) is 0 Å². The number of hydrogen-bond acceptors (Lipinski definition) is 1. The van der Waals surface area contributed by atoms with Gasteiger partial charge in [-0.25, -0.2) is 0 Å². The molecule has 0 amide bonds. The first kappa shape index (κ1) is 17.5. The molecular weight excluding hydrogens is 149 g/mol. The zero-order valence-corrected chi connectivity index (χ0v) is 12.3. The minimum absolute atomic E-state index is 0. The molecule has 0 heterocycles. The first-order chi connectivity index (χ1) is 2.80. The predicted molar refractivity (Wildman–Crippen MR) is 23.7 cm³/mol. The summed E-state index contributed by atoms with van der Waals surface area (Å²) in [6, 6.07) is 0. The molecule has 0 atom stereocenters. The molecule has 0 radical (unpaired) electrons. The zero-order chi connectivity index (χ0) is 4.57. The van der Waals surface area contributed by atoms with Gasteiger partial charge in [-0.1, -0.05) is 0 Å². The Morgan fingerprint density at radius 3 is 1.67 bits per heavy atom. The van der Waals surface area contributed by atoms with Crippen molar-refractivity contribution in [1.82, 2.24) is 0 Å². The van der Waals surface area contributed by atoms with E-state index in [9.17, 15) is 4.79 Å². The van der Waals surface area contributed by atoms with Crippen molar-refractivity contribution in [2.45, 2.75) is 12.8 Å². The van der Waals surface area contributed by atoms with Crippen LogP contribution >= 0.6 is 0 Å². The fraction of sp³-hybridized carbons (Fsp3) is 0.750. The van der Waals surface area contributed by atoms with Gasteiger partial charge in [0.25, 0.3) is 0 Å². The van der Waals surface area contributed by atoms with Crippen LogP contribution in [0.3, 0.4) is 0 Å². The van der Waals surface area contributed by atoms with Crippen molar-refractivity contribution in [3.8, 4) is 0 Å². The first-order valence-electron chi connectivity index (χ1n) is 2.03. The summed E-state index contributed by atoms with van der Waals surface area (Å²) >= 11 is 0. The van der Waals surface area contributed by atoms with E-state index in [0.717, 1.165) is 12.8 Å².